The molecule has 0 spiro atoms. The van der Waals surface area contributed by atoms with Gasteiger partial charge in [0.15, 0.2) is 0 Å². The molecular weight excluding hydrogens is 360 g/mol. The van der Waals surface area contributed by atoms with Gasteiger partial charge in [-0.3, -0.25) is 9.69 Å². The summed E-state index contributed by atoms with van der Waals surface area (Å²) in [5.41, 5.74) is 4.34. The van der Waals surface area contributed by atoms with E-state index in [1.54, 1.807) is 0 Å². The topological polar surface area (TPSA) is 50.2 Å². The molecule has 3 aromatic rings. The normalized spacial score (nSPS) is 17.9. The Morgan fingerprint density at radius 3 is 2.69 bits per heavy atom. The molecule has 1 aliphatic carbocycles. The minimum absolute atomic E-state index is 0.168. The molecule has 1 aromatic heterocycles. The van der Waals surface area contributed by atoms with Crippen LogP contribution in [0.1, 0.15) is 43.5 Å². The van der Waals surface area contributed by atoms with Gasteiger partial charge in [0.05, 0.1) is 17.6 Å². The summed E-state index contributed by atoms with van der Waals surface area (Å²) in [6, 6.07) is 16.8. The molecular formula is C24H28N4O. The highest BCUT2D eigenvalue weighted by Gasteiger charge is 2.23. The lowest BCUT2D eigenvalue weighted by atomic mass is 9.88. The monoisotopic (exact) mass is 388 g/mol. The van der Waals surface area contributed by atoms with Gasteiger partial charge < -0.3 is 9.88 Å². The molecule has 2 aromatic carbocycles. The lowest BCUT2D eigenvalue weighted by molar-refractivity contribution is -0.120. The van der Waals surface area contributed by atoms with E-state index in [9.17, 15) is 4.79 Å². The van der Waals surface area contributed by atoms with E-state index in [-0.39, 0.29) is 11.8 Å². The summed E-state index contributed by atoms with van der Waals surface area (Å²) in [6.07, 6.45) is 5.64. The highest BCUT2D eigenvalue weighted by Crippen LogP contribution is 2.27. The number of nitrogens with one attached hydrogen (secondary N) is 1. The van der Waals surface area contributed by atoms with E-state index >= 15 is 0 Å². The lowest BCUT2D eigenvalue weighted by Crippen LogP contribution is -2.33. The van der Waals surface area contributed by atoms with Crippen molar-refractivity contribution in [2.45, 2.75) is 51.7 Å². The second-order valence-electron chi connectivity index (χ2n) is 8.40. The summed E-state index contributed by atoms with van der Waals surface area (Å²) in [6.45, 7) is 3.78. The molecule has 1 fully saturated rings. The Hall–Kier alpha value is -2.66. The fraction of sp³-hybridized carbons (Fsp3) is 0.417. The SMILES string of the molecule is O=C(Nc1ccc2c(c1)nc1n2CCN(Cc2ccccc2)C1)C1CCCCC1. The van der Waals surface area contributed by atoms with Crippen LogP contribution in [0.15, 0.2) is 48.5 Å². The molecule has 1 N–H and O–H groups in total. The van der Waals surface area contributed by atoms with Crippen LogP contribution in [0.25, 0.3) is 11.0 Å². The smallest absolute Gasteiger partial charge is 0.227 e. The summed E-state index contributed by atoms with van der Waals surface area (Å²) in [5.74, 6) is 1.45. The van der Waals surface area contributed by atoms with Crippen LogP contribution in [0.5, 0.6) is 0 Å². The summed E-state index contributed by atoms with van der Waals surface area (Å²) < 4.78 is 2.32. The molecule has 5 heteroatoms. The molecule has 29 heavy (non-hydrogen) atoms. The standard InChI is InChI=1S/C24H28N4O/c29-24(19-9-5-2-6-10-19)25-20-11-12-22-21(15-20)26-23-17-27(13-14-28(22)23)16-18-7-3-1-4-8-18/h1,3-4,7-8,11-12,15,19H,2,5-6,9-10,13-14,16-17H2,(H,25,29). The first kappa shape index (κ1) is 18.4. The van der Waals surface area contributed by atoms with E-state index in [0.717, 1.165) is 61.6 Å². The first-order valence-electron chi connectivity index (χ1n) is 10.8. The van der Waals surface area contributed by atoms with Crippen molar-refractivity contribution in [2.75, 3.05) is 11.9 Å². The zero-order valence-electron chi connectivity index (χ0n) is 16.8. The average molecular weight is 389 g/mol. The van der Waals surface area contributed by atoms with Crippen LogP contribution >= 0.6 is 0 Å². The Morgan fingerprint density at radius 1 is 1.03 bits per heavy atom. The molecule has 0 radical (unpaired) electrons. The fourth-order valence-corrected chi connectivity index (χ4v) is 4.73. The van der Waals surface area contributed by atoms with Gasteiger partial charge >= 0.3 is 0 Å². The Balaban J connectivity index is 1.31. The van der Waals surface area contributed by atoms with Crippen LogP contribution in [-0.2, 0) is 24.4 Å². The number of anilines is 1. The molecule has 5 nitrogen and oxygen atoms in total. The molecule has 150 valence electrons. The van der Waals surface area contributed by atoms with Crippen molar-refractivity contribution in [3.05, 3.63) is 59.9 Å². The zero-order chi connectivity index (χ0) is 19.6. The number of rotatable bonds is 4. The summed E-state index contributed by atoms with van der Waals surface area (Å²) >= 11 is 0. The van der Waals surface area contributed by atoms with Crippen molar-refractivity contribution in [3.63, 3.8) is 0 Å². The average Bonchev–Trinajstić information content (AvgIpc) is 3.12. The van der Waals surface area contributed by atoms with E-state index in [1.165, 1.54) is 24.8 Å². The highest BCUT2D eigenvalue weighted by atomic mass is 16.1. The molecule has 0 saturated heterocycles. The molecule has 1 amide bonds. The Bertz CT molecular complexity index is 1000. The Morgan fingerprint density at radius 2 is 1.86 bits per heavy atom. The van der Waals surface area contributed by atoms with E-state index in [2.05, 4.69) is 51.2 Å². The fourth-order valence-electron chi connectivity index (χ4n) is 4.73. The number of hydrogen-bond acceptors (Lipinski definition) is 3. The van der Waals surface area contributed by atoms with E-state index in [4.69, 9.17) is 4.98 Å². The van der Waals surface area contributed by atoms with E-state index < -0.39 is 0 Å². The van der Waals surface area contributed by atoms with Crippen molar-refractivity contribution in [1.29, 1.82) is 0 Å². The second kappa shape index (κ2) is 7.99. The van der Waals surface area contributed by atoms with Gasteiger partial charge in [-0.15, -0.1) is 0 Å². The first-order valence-corrected chi connectivity index (χ1v) is 10.8. The predicted octanol–water partition coefficient (Wildman–Crippen LogP) is 4.57. The van der Waals surface area contributed by atoms with Gasteiger partial charge in [0.2, 0.25) is 5.91 Å². The molecule has 5 rings (SSSR count). The van der Waals surface area contributed by atoms with Crippen molar-refractivity contribution < 1.29 is 4.79 Å². The van der Waals surface area contributed by atoms with E-state index in [1.807, 2.05) is 12.1 Å². The van der Waals surface area contributed by atoms with Crippen LogP contribution in [0.2, 0.25) is 0 Å². The summed E-state index contributed by atoms with van der Waals surface area (Å²) in [5, 5.41) is 3.13. The first-order chi connectivity index (χ1) is 14.3. The summed E-state index contributed by atoms with van der Waals surface area (Å²) in [7, 11) is 0. The van der Waals surface area contributed by atoms with Gasteiger partial charge in [0.1, 0.15) is 5.82 Å². The molecule has 2 heterocycles. The minimum atomic E-state index is 0.168. The third kappa shape index (κ3) is 3.92. The maximum atomic E-state index is 12.6. The second-order valence-corrected chi connectivity index (χ2v) is 8.40. The zero-order valence-corrected chi connectivity index (χ0v) is 16.8. The van der Waals surface area contributed by atoms with Crippen LogP contribution in [0.3, 0.4) is 0 Å². The predicted molar refractivity (Wildman–Crippen MR) is 115 cm³/mol. The van der Waals surface area contributed by atoms with Crippen molar-refractivity contribution >= 4 is 22.6 Å². The molecule has 0 bridgehead atoms. The van der Waals surface area contributed by atoms with Crippen LogP contribution in [0.4, 0.5) is 5.69 Å². The van der Waals surface area contributed by atoms with Gasteiger partial charge in [-0.1, -0.05) is 49.6 Å². The molecule has 1 saturated carbocycles. The Kier molecular flexibility index (Phi) is 5.06. The minimum Gasteiger partial charge on any atom is -0.326 e. The molecule has 0 unspecified atom stereocenters. The quantitative estimate of drug-likeness (QED) is 0.712. The highest BCUT2D eigenvalue weighted by molar-refractivity contribution is 5.94. The number of imidazole rings is 1. The molecule has 0 atom stereocenters. The van der Waals surface area contributed by atoms with Crippen molar-refractivity contribution in [3.8, 4) is 0 Å². The van der Waals surface area contributed by atoms with Gasteiger partial charge in [0.25, 0.3) is 0 Å². The number of hydrogen-bond donors (Lipinski definition) is 1. The number of carbonyl (C=O) groups excluding carboxylic acids is 1. The number of benzene rings is 2. The maximum Gasteiger partial charge on any atom is 0.227 e. The van der Waals surface area contributed by atoms with Gasteiger partial charge in [0, 0.05) is 31.2 Å². The number of carbonyl (C=O) groups is 1. The third-order valence-corrected chi connectivity index (χ3v) is 6.32. The van der Waals surface area contributed by atoms with Gasteiger partial charge in [-0.25, -0.2) is 4.98 Å². The molecule has 2 aliphatic rings. The van der Waals surface area contributed by atoms with Crippen molar-refractivity contribution in [1.82, 2.24) is 14.5 Å². The number of nitrogens with zero attached hydrogens (tertiary/aromatic N) is 3. The van der Waals surface area contributed by atoms with Crippen LogP contribution < -0.4 is 5.32 Å². The number of fused-ring (bicyclic) bond motifs is 3. The van der Waals surface area contributed by atoms with Crippen molar-refractivity contribution in [2.24, 2.45) is 5.92 Å². The third-order valence-electron chi connectivity index (χ3n) is 6.32. The van der Waals surface area contributed by atoms with Crippen LogP contribution in [0, 0.1) is 5.92 Å². The number of amides is 1. The summed E-state index contributed by atoms with van der Waals surface area (Å²) in [4.78, 5) is 19.9. The number of aromatic nitrogens is 2. The van der Waals surface area contributed by atoms with Gasteiger partial charge in [-0.2, -0.15) is 0 Å². The molecule has 1 aliphatic heterocycles. The maximum absolute atomic E-state index is 12.6. The van der Waals surface area contributed by atoms with Gasteiger partial charge in [-0.05, 0) is 36.6 Å². The van der Waals surface area contributed by atoms with E-state index in [0.29, 0.717) is 0 Å². The Labute approximate surface area is 171 Å². The lowest BCUT2D eigenvalue weighted by Gasteiger charge is -2.27. The largest absolute Gasteiger partial charge is 0.326 e. The van der Waals surface area contributed by atoms with Crippen LogP contribution in [-0.4, -0.2) is 26.9 Å².